The van der Waals surface area contributed by atoms with Crippen molar-refractivity contribution in [3.63, 3.8) is 0 Å². The molecule has 200 valence electrons. The lowest BCUT2D eigenvalue weighted by Gasteiger charge is -2.14. The van der Waals surface area contributed by atoms with Crippen LogP contribution in [0.4, 0.5) is 22.4 Å². The quantitative estimate of drug-likeness (QED) is 0.0829. The molecule has 10 nitrogen and oxygen atoms in total. The number of halogens is 6. The zero-order valence-corrected chi connectivity index (χ0v) is 22.1. The number of hydrogen-bond donors (Lipinski definition) is 1. The van der Waals surface area contributed by atoms with Gasteiger partial charge >= 0.3 is 18.0 Å². The number of benzene rings is 2. The number of ether oxygens (including phenoxy) is 3. The minimum Gasteiger partial charge on any atom is -0.744 e. The van der Waals surface area contributed by atoms with E-state index >= 15 is 0 Å². The van der Waals surface area contributed by atoms with Gasteiger partial charge in [-0.25, -0.2) is 31.6 Å². The number of nitrogens with one attached hydrogen (secondary N) is 1. The molecule has 0 aliphatic carbocycles. The molecule has 2 rings (SSSR count). The monoisotopic (exact) mass is 676 g/mol. The van der Waals surface area contributed by atoms with E-state index in [1.807, 2.05) is 0 Å². The molecule has 0 spiro atoms. The largest absolute Gasteiger partial charge is 0.744 e. The summed E-state index contributed by atoms with van der Waals surface area (Å²) in [5.41, 5.74) is -0.333. The van der Waals surface area contributed by atoms with E-state index in [-0.39, 0.29) is 33.4 Å². The highest BCUT2D eigenvalue weighted by Gasteiger charge is 2.31. The molecule has 0 saturated carbocycles. The molecular formula is C20H12Br2F4NO9S-. The maximum absolute atomic E-state index is 14.1. The Labute approximate surface area is 222 Å². The van der Waals surface area contributed by atoms with Crippen LogP contribution in [0.3, 0.4) is 0 Å². The van der Waals surface area contributed by atoms with E-state index in [4.69, 9.17) is 9.47 Å². The van der Waals surface area contributed by atoms with Crippen LogP contribution < -0.4 is 14.8 Å². The maximum atomic E-state index is 14.1. The van der Waals surface area contributed by atoms with Crippen LogP contribution in [0.1, 0.15) is 17.3 Å². The normalized spacial score (nSPS) is 11.0. The van der Waals surface area contributed by atoms with Crippen LogP contribution in [0.15, 0.2) is 38.1 Å². The lowest BCUT2D eigenvalue weighted by atomic mass is 10.2. The molecule has 0 aliphatic rings. The lowest BCUT2D eigenvalue weighted by Crippen LogP contribution is -2.30. The van der Waals surface area contributed by atoms with E-state index in [1.54, 1.807) is 0 Å². The minimum atomic E-state index is -5.95. The highest BCUT2D eigenvalue weighted by molar-refractivity contribution is 9.11. The Balaban J connectivity index is 2.19. The Hall–Kier alpha value is -3.02. The third-order valence-electron chi connectivity index (χ3n) is 4.01. The molecule has 17 heteroatoms. The zero-order valence-electron chi connectivity index (χ0n) is 18.1. The minimum absolute atomic E-state index is 0.0798. The molecule has 0 heterocycles. The molecule has 0 bridgehead atoms. The first-order valence-electron chi connectivity index (χ1n) is 9.37. The molecule has 0 aliphatic heterocycles. The first kappa shape index (κ1) is 30.2. The molecular weight excluding hydrogens is 666 g/mol. The molecule has 0 atom stereocenters. The molecule has 37 heavy (non-hydrogen) atoms. The molecule has 2 aromatic rings. The van der Waals surface area contributed by atoms with Crippen LogP contribution >= 0.6 is 31.9 Å². The zero-order chi connectivity index (χ0) is 28.2. The van der Waals surface area contributed by atoms with Crippen molar-refractivity contribution in [2.24, 2.45) is 0 Å². The topological polar surface area (TPSA) is 148 Å². The van der Waals surface area contributed by atoms with Gasteiger partial charge in [-0.1, -0.05) is 6.58 Å². The van der Waals surface area contributed by atoms with Gasteiger partial charge in [0.2, 0.25) is 17.4 Å². The summed E-state index contributed by atoms with van der Waals surface area (Å²) < 4.78 is 103. The smallest absolute Gasteiger partial charge is 0.412 e. The van der Waals surface area contributed by atoms with Gasteiger partial charge in [0.15, 0.2) is 17.4 Å². The van der Waals surface area contributed by atoms with Crippen LogP contribution in [-0.4, -0.2) is 44.2 Å². The van der Waals surface area contributed by atoms with Crippen molar-refractivity contribution in [1.29, 1.82) is 0 Å². The number of rotatable bonds is 8. The first-order chi connectivity index (χ1) is 17.1. The van der Waals surface area contributed by atoms with E-state index in [0.717, 1.165) is 12.1 Å². The van der Waals surface area contributed by atoms with Gasteiger partial charge in [0.25, 0.3) is 0 Å². The van der Waals surface area contributed by atoms with Gasteiger partial charge < -0.3 is 24.1 Å². The summed E-state index contributed by atoms with van der Waals surface area (Å²) in [6.45, 7) is 4.49. The van der Waals surface area contributed by atoms with Crippen molar-refractivity contribution in [3.05, 3.63) is 62.1 Å². The molecule has 1 N–H and O–H groups in total. The third kappa shape index (κ3) is 7.27. The Bertz CT molecular complexity index is 1370. The predicted octanol–water partition coefficient (Wildman–Crippen LogP) is 4.10. The van der Waals surface area contributed by atoms with Crippen LogP contribution in [0, 0.1) is 23.3 Å². The van der Waals surface area contributed by atoms with Crippen LogP contribution in [0.25, 0.3) is 0 Å². The number of carbonyl (C=O) groups is 3. The predicted molar refractivity (Wildman–Crippen MR) is 121 cm³/mol. The summed E-state index contributed by atoms with van der Waals surface area (Å²) in [4.78, 5) is 33.1. The van der Waals surface area contributed by atoms with Gasteiger partial charge in [0.05, 0.1) is 21.1 Å². The van der Waals surface area contributed by atoms with Crippen LogP contribution in [0.5, 0.6) is 11.5 Å². The summed E-state index contributed by atoms with van der Waals surface area (Å²) in [6.07, 6.45) is -1.01. The van der Waals surface area contributed by atoms with Crippen molar-refractivity contribution in [3.8, 4) is 11.5 Å². The van der Waals surface area contributed by atoms with Crippen molar-refractivity contribution in [2.75, 3.05) is 13.2 Å². The average Bonchev–Trinajstić information content (AvgIpc) is 2.79. The SMILES string of the molecule is C=C(C)C(=O)OCCNC(=O)Oc1c(Br)cc(C(=O)Oc2c(F)c(F)c(S(=O)(=O)[O-])c(F)c2F)cc1Br. The maximum Gasteiger partial charge on any atom is 0.412 e. The van der Waals surface area contributed by atoms with Crippen LogP contribution in [-0.2, 0) is 19.6 Å². The second kappa shape index (κ2) is 12.0. The summed E-state index contributed by atoms with van der Waals surface area (Å²) in [7, 11) is -5.95. The van der Waals surface area contributed by atoms with Crippen molar-refractivity contribution in [2.45, 2.75) is 11.8 Å². The lowest BCUT2D eigenvalue weighted by molar-refractivity contribution is -0.138. The Morgan fingerprint density at radius 2 is 1.49 bits per heavy atom. The summed E-state index contributed by atoms with van der Waals surface area (Å²) in [6, 6.07) is 1.90. The Morgan fingerprint density at radius 3 is 1.95 bits per heavy atom. The first-order valence-corrected chi connectivity index (χ1v) is 12.4. The van der Waals surface area contributed by atoms with Gasteiger partial charge in [-0.3, -0.25) is 0 Å². The second-order valence-electron chi connectivity index (χ2n) is 6.76. The fourth-order valence-electron chi connectivity index (χ4n) is 2.38. The molecule has 0 radical (unpaired) electrons. The molecule has 1 amide bonds. The molecule has 0 fully saturated rings. The van der Waals surface area contributed by atoms with Crippen LogP contribution in [0.2, 0.25) is 0 Å². The van der Waals surface area contributed by atoms with Gasteiger partial charge in [-0.05, 0) is 50.9 Å². The van der Waals surface area contributed by atoms with Gasteiger partial charge in [-0.15, -0.1) is 0 Å². The number of esters is 2. The highest BCUT2D eigenvalue weighted by Crippen LogP contribution is 2.36. The van der Waals surface area contributed by atoms with E-state index in [0.29, 0.717) is 0 Å². The van der Waals surface area contributed by atoms with Gasteiger partial charge in [-0.2, -0.15) is 8.78 Å². The Kier molecular flexibility index (Phi) is 9.81. The summed E-state index contributed by atoms with van der Waals surface area (Å²) in [5, 5.41) is 2.27. The number of hydrogen-bond acceptors (Lipinski definition) is 9. The van der Waals surface area contributed by atoms with Gasteiger partial charge in [0, 0.05) is 5.57 Å². The Morgan fingerprint density at radius 1 is 0.973 bits per heavy atom. The van der Waals surface area contributed by atoms with Crippen molar-refractivity contribution in [1.82, 2.24) is 5.32 Å². The molecule has 0 unspecified atom stereocenters. The summed E-state index contributed by atoms with van der Waals surface area (Å²) >= 11 is 5.98. The van der Waals surface area contributed by atoms with E-state index in [2.05, 4.69) is 48.5 Å². The highest BCUT2D eigenvalue weighted by atomic mass is 79.9. The van der Waals surface area contributed by atoms with Crippen molar-refractivity contribution < 1.29 is 59.1 Å². The molecule has 0 aromatic heterocycles. The van der Waals surface area contributed by atoms with Gasteiger partial charge in [0.1, 0.15) is 21.6 Å². The molecule has 2 aromatic carbocycles. The number of amides is 1. The standard InChI is InChI=1S/C20H13Br2F4NO9S/c1-7(2)18(28)34-4-3-27-20(30)36-15-9(21)5-8(6-10(15)22)19(29)35-16-11(23)13(25)17(37(31,32)33)14(26)12(16)24/h5-6H,1,3-4H2,2H3,(H,27,30)(H,31,32,33)/p-1. The van der Waals surface area contributed by atoms with E-state index in [9.17, 15) is 44.9 Å². The number of carbonyl (C=O) groups excluding carboxylic acids is 3. The van der Waals surface area contributed by atoms with Crippen molar-refractivity contribution >= 4 is 60.0 Å². The summed E-state index contributed by atoms with van der Waals surface area (Å²) in [5.74, 6) is -14.4. The fraction of sp³-hybridized carbons (Fsp3) is 0.150. The van der Waals surface area contributed by atoms with E-state index < -0.39 is 67.6 Å². The average molecular weight is 678 g/mol. The second-order valence-corrected chi connectivity index (χ2v) is 9.78. The third-order valence-corrected chi connectivity index (χ3v) is 6.05. The van der Waals surface area contributed by atoms with E-state index in [1.165, 1.54) is 6.92 Å². The molecule has 0 saturated heterocycles. The fourth-order valence-corrected chi connectivity index (χ4v) is 4.34.